The van der Waals surface area contributed by atoms with Crippen LogP contribution in [0.2, 0.25) is 5.15 Å². The number of carbonyl (C=O) groups is 1. The maximum Gasteiger partial charge on any atom is 0.244 e. The third-order valence-corrected chi connectivity index (χ3v) is 3.34. The number of aliphatic hydroxyl groups excluding tert-OH is 1. The highest BCUT2D eigenvalue weighted by atomic mass is 35.5. The van der Waals surface area contributed by atoms with Crippen LogP contribution in [-0.4, -0.2) is 33.0 Å². The molecule has 1 atom stereocenters. The highest BCUT2D eigenvalue weighted by molar-refractivity contribution is 7.15. The van der Waals surface area contributed by atoms with E-state index in [1.54, 1.807) is 13.0 Å². The number of thiazole rings is 1. The van der Waals surface area contributed by atoms with Crippen molar-refractivity contribution < 1.29 is 9.90 Å². The molecular formula is C11H12ClN3O2S. The van der Waals surface area contributed by atoms with E-state index in [-0.39, 0.29) is 18.6 Å². The number of imidazole rings is 1. The van der Waals surface area contributed by atoms with Crippen LogP contribution in [0.5, 0.6) is 0 Å². The highest BCUT2D eigenvalue weighted by Crippen LogP contribution is 2.22. The normalized spacial score (nSPS) is 13.3. The zero-order valence-corrected chi connectivity index (χ0v) is 11.2. The molecule has 0 saturated heterocycles. The van der Waals surface area contributed by atoms with Gasteiger partial charge in [-0.3, -0.25) is 9.20 Å². The average molecular weight is 286 g/mol. The molecule has 0 aliphatic heterocycles. The monoisotopic (exact) mass is 285 g/mol. The number of hydrogen-bond donors (Lipinski definition) is 2. The topological polar surface area (TPSA) is 66.6 Å². The molecule has 2 heterocycles. The number of rotatable bonds is 4. The first-order chi connectivity index (χ1) is 8.61. The molecule has 0 aromatic carbocycles. The van der Waals surface area contributed by atoms with Crippen molar-refractivity contribution in [3.8, 4) is 0 Å². The van der Waals surface area contributed by atoms with E-state index in [2.05, 4.69) is 10.3 Å². The number of nitrogens with zero attached hydrogens (tertiary/aromatic N) is 2. The molecule has 0 bridgehead atoms. The Morgan fingerprint density at radius 2 is 2.56 bits per heavy atom. The highest BCUT2D eigenvalue weighted by Gasteiger charge is 2.09. The molecule has 0 aliphatic carbocycles. The van der Waals surface area contributed by atoms with Crippen LogP contribution >= 0.6 is 22.9 Å². The Balaban J connectivity index is 2.15. The average Bonchev–Trinajstić information content (AvgIpc) is 2.87. The molecule has 5 nitrogen and oxygen atoms in total. The van der Waals surface area contributed by atoms with Crippen molar-refractivity contribution in [3.63, 3.8) is 0 Å². The molecule has 0 unspecified atom stereocenters. The summed E-state index contributed by atoms with van der Waals surface area (Å²) in [6, 6.07) is -0.274. The van der Waals surface area contributed by atoms with Gasteiger partial charge in [0.15, 0.2) is 10.1 Å². The molecular weight excluding hydrogens is 274 g/mol. The number of carbonyl (C=O) groups excluding carboxylic acids is 1. The summed E-state index contributed by atoms with van der Waals surface area (Å²) < 4.78 is 1.81. The van der Waals surface area contributed by atoms with Crippen LogP contribution in [0.1, 0.15) is 12.6 Å². The SMILES string of the molecule is C[C@H](CO)NC(=O)C=Cc1c(Cl)nc2sccn12. The lowest BCUT2D eigenvalue weighted by Crippen LogP contribution is -2.33. The predicted octanol–water partition coefficient (Wildman–Crippen LogP) is 1.56. The summed E-state index contributed by atoms with van der Waals surface area (Å²) >= 11 is 7.45. The third-order valence-electron chi connectivity index (χ3n) is 2.31. The second kappa shape index (κ2) is 5.51. The molecule has 7 heteroatoms. The van der Waals surface area contributed by atoms with Crippen molar-refractivity contribution >= 4 is 39.9 Å². The summed E-state index contributed by atoms with van der Waals surface area (Å²) in [5.41, 5.74) is 0.666. The molecule has 18 heavy (non-hydrogen) atoms. The van der Waals surface area contributed by atoms with E-state index in [9.17, 15) is 4.79 Å². The van der Waals surface area contributed by atoms with E-state index in [1.807, 2.05) is 16.0 Å². The molecule has 0 saturated carbocycles. The molecule has 0 aliphatic rings. The van der Waals surface area contributed by atoms with Gasteiger partial charge in [-0.05, 0) is 13.0 Å². The molecule has 1 amide bonds. The lowest BCUT2D eigenvalue weighted by molar-refractivity contribution is -0.117. The van der Waals surface area contributed by atoms with Gasteiger partial charge in [-0.2, -0.15) is 0 Å². The lowest BCUT2D eigenvalue weighted by atomic mass is 10.3. The third kappa shape index (κ3) is 2.72. The Bertz CT molecular complexity index is 590. The van der Waals surface area contributed by atoms with E-state index in [1.165, 1.54) is 17.4 Å². The minimum absolute atomic E-state index is 0.0954. The molecule has 2 N–H and O–H groups in total. The zero-order valence-electron chi connectivity index (χ0n) is 9.63. The Morgan fingerprint density at radius 1 is 1.78 bits per heavy atom. The van der Waals surface area contributed by atoms with Crippen LogP contribution in [0.15, 0.2) is 17.7 Å². The van der Waals surface area contributed by atoms with Crippen LogP contribution < -0.4 is 5.32 Å². The number of fused-ring (bicyclic) bond motifs is 1. The fourth-order valence-electron chi connectivity index (χ4n) is 1.42. The van der Waals surface area contributed by atoms with Crippen molar-refractivity contribution in [1.82, 2.24) is 14.7 Å². The Kier molecular flexibility index (Phi) is 4.00. The molecule has 0 spiro atoms. The number of hydrogen-bond acceptors (Lipinski definition) is 4. The van der Waals surface area contributed by atoms with Crippen molar-refractivity contribution in [2.75, 3.05) is 6.61 Å². The van der Waals surface area contributed by atoms with Gasteiger partial charge in [-0.1, -0.05) is 11.6 Å². The van der Waals surface area contributed by atoms with Gasteiger partial charge in [0.1, 0.15) is 0 Å². The fraction of sp³-hybridized carbons (Fsp3) is 0.273. The molecule has 96 valence electrons. The van der Waals surface area contributed by atoms with Gasteiger partial charge in [0.25, 0.3) is 0 Å². The second-order valence-electron chi connectivity index (χ2n) is 3.77. The van der Waals surface area contributed by atoms with Crippen molar-refractivity contribution in [3.05, 3.63) is 28.5 Å². The molecule has 0 fully saturated rings. The maximum atomic E-state index is 11.5. The smallest absolute Gasteiger partial charge is 0.244 e. The minimum Gasteiger partial charge on any atom is -0.394 e. The maximum absolute atomic E-state index is 11.5. The van der Waals surface area contributed by atoms with Crippen LogP contribution in [0.4, 0.5) is 0 Å². The summed E-state index contributed by atoms with van der Waals surface area (Å²) in [7, 11) is 0. The van der Waals surface area contributed by atoms with Gasteiger partial charge in [-0.25, -0.2) is 4.98 Å². The quantitative estimate of drug-likeness (QED) is 0.838. The summed E-state index contributed by atoms with van der Waals surface area (Å²) in [6.07, 6.45) is 4.82. The van der Waals surface area contributed by atoms with Gasteiger partial charge in [0, 0.05) is 23.7 Å². The van der Waals surface area contributed by atoms with E-state index in [0.717, 1.165) is 4.96 Å². The molecule has 2 aromatic rings. The standard InChI is InChI=1S/C11H12ClN3O2S/c1-7(6-16)13-9(17)3-2-8-10(12)14-11-15(8)4-5-18-11/h2-5,7,16H,6H2,1H3,(H,13,17)/t7-/m1/s1. The van der Waals surface area contributed by atoms with Gasteiger partial charge < -0.3 is 10.4 Å². The van der Waals surface area contributed by atoms with E-state index in [0.29, 0.717) is 10.8 Å². The van der Waals surface area contributed by atoms with E-state index >= 15 is 0 Å². The Morgan fingerprint density at radius 3 is 3.28 bits per heavy atom. The molecule has 2 aromatic heterocycles. The predicted molar refractivity (Wildman–Crippen MR) is 71.8 cm³/mol. The summed E-state index contributed by atoms with van der Waals surface area (Å²) in [5, 5.41) is 13.7. The van der Waals surface area contributed by atoms with Crippen LogP contribution in [0, 0.1) is 0 Å². The first-order valence-corrected chi connectivity index (χ1v) is 6.58. The van der Waals surface area contributed by atoms with E-state index in [4.69, 9.17) is 16.7 Å². The van der Waals surface area contributed by atoms with Crippen LogP contribution in [0.3, 0.4) is 0 Å². The van der Waals surface area contributed by atoms with Gasteiger partial charge in [0.05, 0.1) is 12.3 Å². The lowest BCUT2D eigenvalue weighted by Gasteiger charge is -2.07. The van der Waals surface area contributed by atoms with Crippen molar-refractivity contribution in [2.24, 2.45) is 0 Å². The van der Waals surface area contributed by atoms with Crippen LogP contribution in [0.25, 0.3) is 11.0 Å². The van der Waals surface area contributed by atoms with Gasteiger partial charge in [0.2, 0.25) is 5.91 Å². The number of aromatic nitrogens is 2. The van der Waals surface area contributed by atoms with Crippen molar-refractivity contribution in [1.29, 1.82) is 0 Å². The number of amides is 1. The minimum atomic E-state index is -0.280. The van der Waals surface area contributed by atoms with Crippen LogP contribution in [-0.2, 0) is 4.79 Å². The first-order valence-electron chi connectivity index (χ1n) is 5.32. The number of halogens is 1. The van der Waals surface area contributed by atoms with Gasteiger partial charge >= 0.3 is 0 Å². The largest absolute Gasteiger partial charge is 0.394 e. The molecule has 0 radical (unpaired) electrons. The number of nitrogens with one attached hydrogen (secondary N) is 1. The fourth-order valence-corrected chi connectivity index (χ4v) is 2.42. The molecule has 2 rings (SSSR count). The summed E-state index contributed by atoms with van der Waals surface area (Å²) in [4.78, 5) is 16.4. The first kappa shape index (κ1) is 13.1. The summed E-state index contributed by atoms with van der Waals surface area (Å²) in [5.74, 6) is -0.280. The van der Waals surface area contributed by atoms with Gasteiger partial charge in [-0.15, -0.1) is 11.3 Å². The second-order valence-corrected chi connectivity index (χ2v) is 5.00. The number of aliphatic hydroxyl groups is 1. The summed E-state index contributed by atoms with van der Waals surface area (Å²) in [6.45, 7) is 1.62. The van der Waals surface area contributed by atoms with E-state index < -0.39 is 0 Å². The van der Waals surface area contributed by atoms with Crippen molar-refractivity contribution in [2.45, 2.75) is 13.0 Å². The Labute approximate surface area is 113 Å². The Hall–Kier alpha value is -1.37. The zero-order chi connectivity index (χ0) is 13.1.